The number of carbonyl (C=O) groups is 4. The molecule has 0 bridgehead atoms. The molecule has 8 unspecified atom stereocenters. The second-order valence-corrected chi connectivity index (χ2v) is 17.5. The Hall–Kier alpha value is -4.90. The molecule has 4 aliphatic carbocycles. The van der Waals surface area contributed by atoms with Crippen molar-refractivity contribution in [3.63, 3.8) is 0 Å². The number of hydrogen-bond acceptors (Lipinski definition) is 10. The molecule has 1 aromatic heterocycles. The minimum atomic E-state index is -1.17. The summed E-state index contributed by atoms with van der Waals surface area (Å²) in [4.78, 5) is 53.4. The predicted octanol–water partition coefficient (Wildman–Crippen LogP) is 7.43. The van der Waals surface area contributed by atoms with E-state index in [1.54, 1.807) is 50.7 Å². The Morgan fingerprint density at radius 3 is 2.45 bits per heavy atom. The van der Waals surface area contributed by atoms with E-state index in [1.165, 1.54) is 13.3 Å². The van der Waals surface area contributed by atoms with Crippen molar-refractivity contribution in [1.82, 2.24) is 4.90 Å². The number of rotatable bonds is 5. The van der Waals surface area contributed by atoms with E-state index in [4.69, 9.17) is 23.4 Å². The number of fused-ring (bicyclic) bond motifs is 4. The zero-order valence-corrected chi connectivity index (χ0v) is 33.0. The summed E-state index contributed by atoms with van der Waals surface area (Å²) >= 11 is 0. The van der Waals surface area contributed by atoms with Gasteiger partial charge in [-0.25, -0.2) is 0 Å². The number of hydrogen-bond donors (Lipinski definition) is 1. The Morgan fingerprint density at radius 2 is 1.73 bits per heavy atom. The first-order valence-corrected chi connectivity index (χ1v) is 19.7. The molecule has 56 heavy (non-hydrogen) atoms. The van der Waals surface area contributed by atoms with Crippen LogP contribution in [-0.4, -0.2) is 71.1 Å². The third-order valence-corrected chi connectivity index (χ3v) is 14.1. The number of nitrogens with zero attached hydrogens (tertiary/aromatic N) is 1. The van der Waals surface area contributed by atoms with Crippen LogP contribution in [-0.2, 0) is 28.7 Å². The molecule has 11 heteroatoms. The summed E-state index contributed by atoms with van der Waals surface area (Å²) < 4.78 is 28.5. The third-order valence-electron chi connectivity index (χ3n) is 14.1. The fourth-order valence-corrected chi connectivity index (χ4v) is 11.8. The van der Waals surface area contributed by atoms with E-state index in [0.29, 0.717) is 18.4 Å². The van der Waals surface area contributed by atoms with Crippen LogP contribution in [0.25, 0.3) is 6.08 Å². The van der Waals surface area contributed by atoms with Gasteiger partial charge in [-0.3, -0.25) is 19.2 Å². The number of allylic oxidation sites excluding steroid dienone is 6. The zero-order chi connectivity index (χ0) is 39.8. The maximum absolute atomic E-state index is 14.3. The van der Waals surface area contributed by atoms with Crippen LogP contribution in [0, 0.1) is 27.6 Å². The summed E-state index contributed by atoms with van der Waals surface area (Å²) in [6.07, 6.45) is 17.9. The number of esters is 1. The molecule has 4 fully saturated rings. The van der Waals surface area contributed by atoms with E-state index in [1.807, 2.05) is 55.2 Å². The van der Waals surface area contributed by atoms with Crippen molar-refractivity contribution in [2.75, 3.05) is 19.9 Å². The standard InChI is InChI=1S/C28H32O7.C17H19NO3/c1-14(29)34-17-12-26(5)16(15-8-10-33-13-15)11-19-28(26,35-19)27(6)21(17)25(4)9-7-18(30)24(2,3)22(25)20(31)23(27)32;19-17(18-10-4-1-5-11-18)7-3-2-6-14-8-9-15-16(12-14)21-13-20-15/h7-10,13,16-17,19,21,31H,11-12H2,1-6H3;2-3,6-9,12H,1,4-5,10-11,13H2. The molecule has 1 amide bonds. The van der Waals surface area contributed by atoms with E-state index in [0.717, 1.165) is 48.6 Å². The number of ketones is 2. The number of piperidine rings is 1. The molecule has 7 aliphatic rings. The Balaban J connectivity index is 0.000000179. The largest absolute Gasteiger partial charge is 0.504 e. The molecular weight excluding hydrogens is 714 g/mol. The van der Waals surface area contributed by atoms with Crippen molar-refractivity contribution in [2.45, 2.75) is 97.4 Å². The molecule has 1 aromatic carbocycles. The summed E-state index contributed by atoms with van der Waals surface area (Å²) in [5.41, 5.74) is -2.04. The third kappa shape index (κ3) is 5.47. The first kappa shape index (κ1) is 38.0. The van der Waals surface area contributed by atoms with E-state index < -0.39 is 51.0 Å². The molecule has 296 valence electrons. The molecule has 11 nitrogen and oxygen atoms in total. The molecule has 2 aromatic rings. The lowest BCUT2D eigenvalue weighted by atomic mass is 9.38. The number of likely N-dealkylation sites (tertiary alicyclic amines) is 1. The van der Waals surface area contributed by atoms with Crippen molar-refractivity contribution in [3.05, 3.63) is 89.6 Å². The molecule has 9 rings (SSSR count). The zero-order valence-electron chi connectivity index (χ0n) is 33.0. The van der Waals surface area contributed by atoms with Crippen molar-refractivity contribution >= 4 is 29.5 Å². The minimum Gasteiger partial charge on any atom is -0.504 e. The summed E-state index contributed by atoms with van der Waals surface area (Å²) in [5, 5.41) is 11.5. The quantitative estimate of drug-likeness (QED) is 0.141. The first-order valence-electron chi connectivity index (χ1n) is 19.7. The fraction of sp³-hybridized carbons (Fsp3) is 0.511. The molecule has 2 saturated carbocycles. The van der Waals surface area contributed by atoms with Crippen LogP contribution in [0.15, 0.2) is 82.9 Å². The number of amides is 1. The molecular formula is C45H51NO10. The SMILES string of the molecule is CC(=O)OC1CC2(C)C(c3ccoc3)CC3OC32C2(C)C(=O)C(O)=C3C(C)(C)C(=O)C=CC3(C)C12.O=C(C=CC=Cc1ccc2c(c1)OCO2)N1CCCCC1. The van der Waals surface area contributed by atoms with Crippen molar-refractivity contribution in [1.29, 1.82) is 0 Å². The topological polar surface area (TPSA) is 145 Å². The van der Waals surface area contributed by atoms with Gasteiger partial charge < -0.3 is 33.4 Å². The van der Waals surface area contributed by atoms with Gasteiger partial charge in [0.15, 0.2) is 23.0 Å². The monoisotopic (exact) mass is 765 g/mol. The minimum absolute atomic E-state index is 0.0453. The molecule has 4 heterocycles. The first-order chi connectivity index (χ1) is 26.6. The van der Waals surface area contributed by atoms with Crippen molar-refractivity contribution < 1.29 is 47.6 Å². The highest BCUT2D eigenvalue weighted by molar-refractivity contribution is 6.06. The molecule has 1 N–H and O–H groups in total. The van der Waals surface area contributed by atoms with Gasteiger partial charge in [0, 0.05) is 42.8 Å². The highest BCUT2D eigenvalue weighted by atomic mass is 16.7. The van der Waals surface area contributed by atoms with Crippen molar-refractivity contribution in [3.8, 4) is 11.5 Å². The number of benzene rings is 1. The van der Waals surface area contributed by atoms with Gasteiger partial charge in [-0.05, 0) is 99.8 Å². The second kappa shape index (κ2) is 13.4. The van der Waals surface area contributed by atoms with Gasteiger partial charge in [-0.2, -0.15) is 0 Å². The molecule has 0 radical (unpaired) electrons. The lowest BCUT2D eigenvalue weighted by Gasteiger charge is -2.64. The maximum Gasteiger partial charge on any atom is 0.302 e. The van der Waals surface area contributed by atoms with E-state index in [2.05, 4.69) is 6.92 Å². The average Bonchev–Trinajstić information content (AvgIpc) is 3.46. The Bertz CT molecular complexity index is 2090. The number of Topliss-reactive ketones (excluding diaryl/α,β-unsaturated/α-hetero) is 1. The summed E-state index contributed by atoms with van der Waals surface area (Å²) in [6, 6.07) is 7.73. The van der Waals surface area contributed by atoms with E-state index in [-0.39, 0.29) is 36.3 Å². The number of aliphatic hydroxyl groups is 1. The normalized spacial score (nSPS) is 36.1. The number of ether oxygens (including phenoxy) is 4. The Morgan fingerprint density at radius 1 is 0.982 bits per heavy atom. The van der Waals surface area contributed by atoms with E-state index >= 15 is 0 Å². The maximum atomic E-state index is 14.3. The molecule has 8 atom stereocenters. The van der Waals surface area contributed by atoms with Crippen LogP contribution in [0.3, 0.4) is 0 Å². The fourth-order valence-electron chi connectivity index (χ4n) is 11.8. The summed E-state index contributed by atoms with van der Waals surface area (Å²) in [6.45, 7) is 12.9. The summed E-state index contributed by atoms with van der Waals surface area (Å²) in [7, 11) is 0. The van der Waals surface area contributed by atoms with Crippen LogP contribution in [0.1, 0.15) is 90.7 Å². The highest BCUT2D eigenvalue weighted by Gasteiger charge is 2.89. The lowest BCUT2D eigenvalue weighted by molar-refractivity contribution is -0.200. The number of aliphatic hydroxyl groups excluding tert-OH is 1. The van der Waals surface area contributed by atoms with E-state index in [9.17, 15) is 24.3 Å². The Labute approximate surface area is 327 Å². The van der Waals surface area contributed by atoms with Gasteiger partial charge in [0.25, 0.3) is 0 Å². The van der Waals surface area contributed by atoms with Crippen LogP contribution in [0.4, 0.5) is 0 Å². The smallest absolute Gasteiger partial charge is 0.302 e. The van der Waals surface area contributed by atoms with Gasteiger partial charge in [0.1, 0.15) is 11.7 Å². The molecule has 2 saturated heterocycles. The van der Waals surface area contributed by atoms with Crippen molar-refractivity contribution in [2.24, 2.45) is 27.6 Å². The number of carbonyl (C=O) groups excluding carboxylic acids is 4. The van der Waals surface area contributed by atoms with Gasteiger partial charge in [0.05, 0.1) is 29.5 Å². The van der Waals surface area contributed by atoms with Gasteiger partial charge >= 0.3 is 5.97 Å². The highest BCUT2D eigenvalue weighted by Crippen LogP contribution is 2.81. The van der Waals surface area contributed by atoms with Crippen LogP contribution in [0.2, 0.25) is 0 Å². The Kier molecular flexibility index (Phi) is 9.06. The van der Waals surface area contributed by atoms with Crippen LogP contribution in [0.5, 0.6) is 11.5 Å². The van der Waals surface area contributed by atoms with Gasteiger partial charge in [-0.15, -0.1) is 0 Å². The number of epoxide rings is 1. The number of furan rings is 1. The average molecular weight is 766 g/mol. The second-order valence-electron chi connectivity index (χ2n) is 17.5. The summed E-state index contributed by atoms with van der Waals surface area (Å²) in [5.74, 6) is -0.184. The van der Waals surface area contributed by atoms with Gasteiger partial charge in [-0.1, -0.05) is 44.2 Å². The predicted molar refractivity (Wildman–Crippen MR) is 205 cm³/mol. The molecule has 3 aliphatic heterocycles. The van der Waals surface area contributed by atoms with Crippen LogP contribution < -0.4 is 9.47 Å². The van der Waals surface area contributed by atoms with Gasteiger partial charge in [0.2, 0.25) is 18.5 Å². The van der Waals surface area contributed by atoms with Crippen LogP contribution >= 0.6 is 0 Å². The lowest BCUT2D eigenvalue weighted by Crippen LogP contribution is -2.70. The molecule has 1 spiro atoms.